The molecule has 22 heavy (non-hydrogen) atoms. The van der Waals surface area contributed by atoms with E-state index < -0.39 is 8.32 Å². The Labute approximate surface area is 141 Å². The third-order valence-electron chi connectivity index (χ3n) is 5.34. The fourth-order valence-electron chi connectivity index (χ4n) is 2.86. The zero-order valence-electron chi connectivity index (χ0n) is 14.8. The summed E-state index contributed by atoms with van der Waals surface area (Å²) in [6.45, 7) is 19.7. The Balaban J connectivity index is 2.05. The molecule has 0 bridgehead atoms. The molecule has 0 saturated carbocycles. The Kier molecular flexibility index (Phi) is 5.70. The van der Waals surface area contributed by atoms with Gasteiger partial charge in [-0.25, -0.2) is 0 Å². The summed E-state index contributed by atoms with van der Waals surface area (Å²) in [6, 6.07) is 2.28. The molecule has 0 amide bonds. The average molecular weight is 338 g/mol. The van der Waals surface area contributed by atoms with Crippen LogP contribution in [0.4, 0.5) is 0 Å². The van der Waals surface area contributed by atoms with Crippen LogP contribution in [0.15, 0.2) is 29.5 Å². The summed E-state index contributed by atoms with van der Waals surface area (Å²) in [6.07, 6.45) is 2.02. The van der Waals surface area contributed by atoms with Gasteiger partial charge in [-0.2, -0.15) is 11.3 Å². The standard InChI is InChI=1S/C18H31NOSSi/c1-7-9-19-11-16(13-20-22(5,6)18(2,3)4)17(12-19)15-8-10-21-14-15/h7-8,10,14,16-17H,1,9,11-13H2,2-6H3/t16-,17-/m1/s1. The number of thiophene rings is 1. The topological polar surface area (TPSA) is 12.5 Å². The van der Waals surface area contributed by atoms with E-state index in [4.69, 9.17) is 4.43 Å². The van der Waals surface area contributed by atoms with Crippen LogP contribution < -0.4 is 0 Å². The molecule has 0 N–H and O–H groups in total. The van der Waals surface area contributed by atoms with Crippen molar-refractivity contribution in [3.05, 3.63) is 35.0 Å². The van der Waals surface area contributed by atoms with Gasteiger partial charge in [-0.1, -0.05) is 26.8 Å². The van der Waals surface area contributed by atoms with Gasteiger partial charge in [0.15, 0.2) is 8.32 Å². The van der Waals surface area contributed by atoms with Crippen LogP contribution in [0, 0.1) is 5.92 Å². The Hall–Kier alpha value is -0.423. The quantitative estimate of drug-likeness (QED) is 0.537. The molecular formula is C18H31NOSSi. The number of likely N-dealkylation sites (tertiary alicyclic amines) is 1. The van der Waals surface area contributed by atoms with E-state index in [2.05, 4.69) is 62.2 Å². The van der Waals surface area contributed by atoms with Crippen molar-refractivity contribution < 1.29 is 4.43 Å². The van der Waals surface area contributed by atoms with Gasteiger partial charge in [0.05, 0.1) is 0 Å². The minimum atomic E-state index is -1.66. The molecule has 1 aliphatic rings. The second kappa shape index (κ2) is 6.99. The van der Waals surface area contributed by atoms with Crippen LogP contribution in [0.1, 0.15) is 32.3 Å². The molecular weight excluding hydrogens is 306 g/mol. The fraction of sp³-hybridized carbons (Fsp3) is 0.667. The predicted molar refractivity (Wildman–Crippen MR) is 100 cm³/mol. The zero-order chi connectivity index (χ0) is 16.4. The monoisotopic (exact) mass is 337 g/mol. The number of hydrogen-bond acceptors (Lipinski definition) is 3. The van der Waals surface area contributed by atoms with Crippen molar-refractivity contribution in [3.63, 3.8) is 0 Å². The van der Waals surface area contributed by atoms with E-state index in [-0.39, 0.29) is 5.04 Å². The first kappa shape index (κ1) is 17.9. The molecule has 0 spiro atoms. The minimum absolute atomic E-state index is 0.282. The highest BCUT2D eigenvalue weighted by molar-refractivity contribution is 7.08. The molecule has 124 valence electrons. The maximum atomic E-state index is 6.52. The first-order chi connectivity index (χ1) is 10.2. The summed E-state index contributed by atoms with van der Waals surface area (Å²) >= 11 is 1.80. The van der Waals surface area contributed by atoms with Crippen molar-refractivity contribution in [2.24, 2.45) is 5.92 Å². The highest BCUT2D eigenvalue weighted by Gasteiger charge is 2.40. The van der Waals surface area contributed by atoms with E-state index in [1.165, 1.54) is 5.56 Å². The molecule has 2 rings (SSSR count). The van der Waals surface area contributed by atoms with E-state index in [0.717, 1.165) is 26.2 Å². The molecule has 1 aromatic heterocycles. The van der Waals surface area contributed by atoms with Gasteiger partial charge in [0, 0.05) is 38.1 Å². The molecule has 4 heteroatoms. The highest BCUT2D eigenvalue weighted by atomic mass is 32.1. The van der Waals surface area contributed by atoms with Crippen LogP contribution in [0.25, 0.3) is 0 Å². The molecule has 2 nitrogen and oxygen atoms in total. The Bertz CT molecular complexity index is 478. The molecule has 0 radical (unpaired) electrons. The normalized spacial score (nSPS) is 23.9. The van der Waals surface area contributed by atoms with Gasteiger partial charge in [-0.3, -0.25) is 4.90 Å². The molecule has 2 heterocycles. The number of nitrogens with zero attached hydrogens (tertiary/aromatic N) is 1. The van der Waals surface area contributed by atoms with Crippen molar-refractivity contribution in [2.75, 3.05) is 26.2 Å². The first-order valence-corrected chi connectivity index (χ1v) is 12.1. The summed E-state index contributed by atoms with van der Waals surface area (Å²) in [5.74, 6) is 1.21. The van der Waals surface area contributed by atoms with Crippen LogP contribution in [-0.2, 0) is 4.43 Å². The SMILES string of the molecule is C=CCN1C[C@H](CO[Si](C)(C)C(C)(C)C)[C@@H](c2ccsc2)C1. The van der Waals surface area contributed by atoms with E-state index in [1.807, 2.05) is 6.08 Å². The molecule has 1 fully saturated rings. The van der Waals surface area contributed by atoms with E-state index in [1.54, 1.807) is 11.3 Å². The molecule has 0 aromatic carbocycles. The van der Waals surface area contributed by atoms with Gasteiger partial charge in [-0.15, -0.1) is 6.58 Å². The molecule has 1 aromatic rings. The lowest BCUT2D eigenvalue weighted by Gasteiger charge is -2.37. The summed E-state index contributed by atoms with van der Waals surface area (Å²) in [4.78, 5) is 2.51. The Morgan fingerprint density at radius 1 is 1.41 bits per heavy atom. The van der Waals surface area contributed by atoms with E-state index >= 15 is 0 Å². The van der Waals surface area contributed by atoms with Crippen molar-refractivity contribution in [1.29, 1.82) is 0 Å². The number of hydrogen-bond donors (Lipinski definition) is 0. The maximum Gasteiger partial charge on any atom is 0.191 e. The van der Waals surface area contributed by atoms with Crippen LogP contribution in [0.5, 0.6) is 0 Å². The van der Waals surface area contributed by atoms with Gasteiger partial charge in [-0.05, 0) is 40.5 Å². The van der Waals surface area contributed by atoms with Crippen LogP contribution in [-0.4, -0.2) is 39.5 Å². The molecule has 1 saturated heterocycles. The van der Waals surface area contributed by atoms with E-state index in [0.29, 0.717) is 11.8 Å². The third kappa shape index (κ3) is 4.10. The van der Waals surface area contributed by atoms with Gasteiger partial charge in [0.1, 0.15) is 0 Å². The summed E-state index contributed by atoms with van der Waals surface area (Å²) in [5, 5.41) is 4.78. The third-order valence-corrected chi connectivity index (χ3v) is 10.5. The smallest absolute Gasteiger partial charge is 0.191 e. The van der Waals surface area contributed by atoms with Crippen LogP contribution in [0.2, 0.25) is 18.1 Å². The van der Waals surface area contributed by atoms with Gasteiger partial charge in [0.25, 0.3) is 0 Å². The summed E-state index contributed by atoms with van der Waals surface area (Å²) in [7, 11) is -1.66. The van der Waals surface area contributed by atoms with Crippen LogP contribution in [0.3, 0.4) is 0 Å². The molecule has 0 aliphatic carbocycles. The van der Waals surface area contributed by atoms with Crippen molar-refractivity contribution in [3.8, 4) is 0 Å². The lowest BCUT2D eigenvalue weighted by Crippen LogP contribution is -2.42. The maximum absolute atomic E-state index is 6.52. The Morgan fingerprint density at radius 3 is 2.68 bits per heavy atom. The van der Waals surface area contributed by atoms with Crippen molar-refractivity contribution >= 4 is 19.7 Å². The first-order valence-electron chi connectivity index (χ1n) is 8.24. The second-order valence-electron chi connectivity index (χ2n) is 8.00. The minimum Gasteiger partial charge on any atom is -0.416 e. The van der Waals surface area contributed by atoms with Gasteiger partial charge < -0.3 is 4.43 Å². The highest BCUT2D eigenvalue weighted by Crippen LogP contribution is 2.39. The summed E-state index contributed by atoms with van der Waals surface area (Å²) in [5.41, 5.74) is 1.49. The number of rotatable bonds is 6. The molecule has 0 unspecified atom stereocenters. The van der Waals surface area contributed by atoms with E-state index in [9.17, 15) is 0 Å². The predicted octanol–water partition coefficient (Wildman–Crippen LogP) is 4.97. The van der Waals surface area contributed by atoms with Gasteiger partial charge in [0.2, 0.25) is 0 Å². The lowest BCUT2D eigenvalue weighted by molar-refractivity contribution is 0.219. The van der Waals surface area contributed by atoms with Gasteiger partial charge >= 0.3 is 0 Å². The molecule has 2 atom stereocenters. The average Bonchev–Trinajstić information content (AvgIpc) is 3.03. The van der Waals surface area contributed by atoms with Crippen molar-refractivity contribution in [2.45, 2.75) is 44.8 Å². The zero-order valence-corrected chi connectivity index (χ0v) is 16.6. The van der Waals surface area contributed by atoms with Crippen molar-refractivity contribution in [1.82, 2.24) is 4.90 Å². The van der Waals surface area contributed by atoms with Crippen LogP contribution >= 0.6 is 11.3 Å². The molecule has 1 aliphatic heterocycles. The summed E-state index contributed by atoms with van der Waals surface area (Å²) < 4.78 is 6.52. The largest absolute Gasteiger partial charge is 0.416 e. The lowest BCUT2D eigenvalue weighted by atomic mass is 9.91. The Morgan fingerprint density at radius 2 is 2.14 bits per heavy atom. The fourth-order valence-corrected chi connectivity index (χ4v) is 4.65. The second-order valence-corrected chi connectivity index (χ2v) is 13.6.